The molecule has 2 heteroatoms. The summed E-state index contributed by atoms with van der Waals surface area (Å²) in [4.78, 5) is 0. The Hall–Kier alpha value is -1.80. The van der Waals surface area contributed by atoms with Crippen molar-refractivity contribution in [3.63, 3.8) is 0 Å². The molecule has 2 aromatic carbocycles. The van der Waals surface area contributed by atoms with Crippen LogP contribution in [0.25, 0.3) is 0 Å². The maximum absolute atomic E-state index is 5.78. The number of benzene rings is 2. The van der Waals surface area contributed by atoms with Gasteiger partial charge in [-0.3, -0.25) is 0 Å². The number of rotatable bonds is 6. The smallest absolute Gasteiger partial charge is 0.119 e. The van der Waals surface area contributed by atoms with Gasteiger partial charge in [-0.2, -0.15) is 0 Å². The highest BCUT2D eigenvalue weighted by atomic mass is 16.5. The third-order valence-electron chi connectivity index (χ3n) is 3.42. The van der Waals surface area contributed by atoms with Crippen LogP contribution in [0.1, 0.15) is 23.6 Å². The van der Waals surface area contributed by atoms with Crippen LogP contribution in [0.5, 0.6) is 5.75 Å². The molecule has 0 amide bonds. The van der Waals surface area contributed by atoms with Crippen molar-refractivity contribution in [1.29, 1.82) is 0 Å². The van der Waals surface area contributed by atoms with E-state index in [1.54, 1.807) is 0 Å². The minimum atomic E-state index is 0.316. The lowest BCUT2D eigenvalue weighted by atomic mass is 10.1. The molecule has 0 bridgehead atoms. The molecule has 0 spiro atoms. The van der Waals surface area contributed by atoms with Gasteiger partial charge >= 0.3 is 0 Å². The largest absolute Gasteiger partial charge is 0.492 e. The summed E-state index contributed by atoms with van der Waals surface area (Å²) in [5.74, 6) is 0.931. The number of ether oxygens (including phenoxy) is 1. The Bertz CT molecular complexity index is 533. The van der Waals surface area contributed by atoms with E-state index in [-0.39, 0.29) is 0 Å². The molecule has 2 nitrogen and oxygen atoms in total. The number of hydrogen-bond acceptors (Lipinski definition) is 2. The van der Waals surface area contributed by atoms with Crippen LogP contribution in [0.3, 0.4) is 0 Å². The second-order valence-corrected chi connectivity index (χ2v) is 5.33. The molecule has 0 aliphatic rings. The number of aryl methyl sites for hydroxylation is 2. The van der Waals surface area contributed by atoms with Crippen LogP contribution in [0.2, 0.25) is 0 Å². The Balaban J connectivity index is 1.77. The monoisotopic (exact) mass is 269 g/mol. The first-order valence-electron chi connectivity index (χ1n) is 7.12. The topological polar surface area (TPSA) is 21.3 Å². The van der Waals surface area contributed by atoms with Crippen LogP contribution in [0, 0.1) is 13.8 Å². The third kappa shape index (κ3) is 4.39. The van der Waals surface area contributed by atoms with Gasteiger partial charge in [0.1, 0.15) is 12.4 Å². The van der Waals surface area contributed by atoms with E-state index in [1.165, 1.54) is 16.7 Å². The lowest BCUT2D eigenvalue weighted by Crippen LogP contribution is -2.31. The normalized spacial score (nSPS) is 12.2. The molecular formula is C18H23NO. The van der Waals surface area contributed by atoms with Gasteiger partial charge in [0.05, 0.1) is 0 Å². The van der Waals surface area contributed by atoms with Crippen molar-refractivity contribution in [2.75, 3.05) is 6.61 Å². The van der Waals surface area contributed by atoms with Crippen molar-refractivity contribution in [1.82, 2.24) is 5.32 Å². The maximum Gasteiger partial charge on any atom is 0.119 e. The van der Waals surface area contributed by atoms with Crippen molar-refractivity contribution in [2.24, 2.45) is 0 Å². The molecule has 0 saturated carbocycles. The van der Waals surface area contributed by atoms with Crippen LogP contribution in [-0.4, -0.2) is 12.6 Å². The highest BCUT2D eigenvalue weighted by Gasteiger charge is 2.04. The van der Waals surface area contributed by atoms with Crippen molar-refractivity contribution in [3.05, 3.63) is 65.2 Å². The zero-order valence-corrected chi connectivity index (χ0v) is 12.5. The molecule has 2 rings (SSSR count). The van der Waals surface area contributed by atoms with Gasteiger partial charge in [0, 0.05) is 12.6 Å². The zero-order chi connectivity index (χ0) is 14.4. The summed E-state index contributed by atoms with van der Waals surface area (Å²) in [6, 6.07) is 16.9. The molecular weight excluding hydrogens is 246 g/mol. The predicted molar refractivity (Wildman–Crippen MR) is 84.2 cm³/mol. The summed E-state index contributed by atoms with van der Waals surface area (Å²) >= 11 is 0. The van der Waals surface area contributed by atoms with Gasteiger partial charge in [0.2, 0.25) is 0 Å². The van der Waals surface area contributed by atoms with E-state index in [4.69, 9.17) is 4.74 Å². The molecule has 0 radical (unpaired) electrons. The summed E-state index contributed by atoms with van der Waals surface area (Å²) in [5.41, 5.74) is 3.92. The van der Waals surface area contributed by atoms with Gasteiger partial charge in [-0.15, -0.1) is 0 Å². The third-order valence-corrected chi connectivity index (χ3v) is 3.42. The second kappa shape index (κ2) is 7.11. The lowest BCUT2D eigenvalue weighted by Gasteiger charge is -2.16. The lowest BCUT2D eigenvalue weighted by molar-refractivity contribution is 0.272. The predicted octanol–water partition coefficient (Wildman–Crippen LogP) is 3.86. The molecule has 2 aromatic rings. The number of hydrogen-bond donors (Lipinski definition) is 1. The first-order chi connectivity index (χ1) is 9.65. The van der Waals surface area contributed by atoms with Crippen molar-refractivity contribution < 1.29 is 4.74 Å². The van der Waals surface area contributed by atoms with Gasteiger partial charge < -0.3 is 10.1 Å². The molecule has 0 aromatic heterocycles. The summed E-state index contributed by atoms with van der Waals surface area (Å²) in [6.07, 6.45) is 0. The van der Waals surface area contributed by atoms with Gasteiger partial charge in [0.25, 0.3) is 0 Å². The minimum absolute atomic E-state index is 0.316. The van der Waals surface area contributed by atoms with Gasteiger partial charge in [-0.05, 0) is 44.0 Å². The average Bonchev–Trinajstić information content (AvgIpc) is 2.46. The van der Waals surface area contributed by atoms with E-state index in [2.05, 4.69) is 62.5 Å². The van der Waals surface area contributed by atoms with Crippen molar-refractivity contribution >= 4 is 0 Å². The molecule has 1 unspecified atom stereocenters. The average molecular weight is 269 g/mol. The Morgan fingerprint density at radius 1 is 1.00 bits per heavy atom. The fourth-order valence-corrected chi connectivity index (χ4v) is 2.01. The first kappa shape index (κ1) is 14.6. The molecule has 0 heterocycles. The summed E-state index contributed by atoms with van der Waals surface area (Å²) in [6.45, 7) is 7.92. The van der Waals surface area contributed by atoms with E-state index in [9.17, 15) is 0 Å². The van der Waals surface area contributed by atoms with Gasteiger partial charge in [-0.1, -0.05) is 42.0 Å². The number of nitrogens with one attached hydrogen (secondary N) is 1. The first-order valence-corrected chi connectivity index (χ1v) is 7.12. The van der Waals surface area contributed by atoms with E-state index in [0.717, 1.165) is 12.3 Å². The van der Waals surface area contributed by atoms with Crippen LogP contribution in [0.15, 0.2) is 48.5 Å². The summed E-state index contributed by atoms with van der Waals surface area (Å²) < 4.78 is 5.78. The van der Waals surface area contributed by atoms with Crippen LogP contribution < -0.4 is 10.1 Å². The van der Waals surface area contributed by atoms with E-state index < -0.39 is 0 Å². The highest BCUT2D eigenvalue weighted by Crippen LogP contribution is 2.12. The molecule has 0 aliphatic heterocycles. The van der Waals surface area contributed by atoms with Crippen LogP contribution in [-0.2, 0) is 6.54 Å². The quantitative estimate of drug-likeness (QED) is 0.859. The van der Waals surface area contributed by atoms with E-state index in [0.29, 0.717) is 12.6 Å². The second-order valence-electron chi connectivity index (χ2n) is 5.33. The molecule has 20 heavy (non-hydrogen) atoms. The highest BCUT2D eigenvalue weighted by molar-refractivity contribution is 5.26. The summed E-state index contributed by atoms with van der Waals surface area (Å²) in [5, 5.41) is 3.50. The van der Waals surface area contributed by atoms with Crippen LogP contribution >= 0.6 is 0 Å². The van der Waals surface area contributed by atoms with Gasteiger partial charge in [-0.25, -0.2) is 0 Å². The zero-order valence-electron chi connectivity index (χ0n) is 12.5. The van der Waals surface area contributed by atoms with E-state index in [1.807, 2.05) is 12.1 Å². The standard InChI is InChI=1S/C18H23NO/c1-14-8-10-18(11-9-14)20-13-16(3)19-12-17-7-5-4-6-15(17)2/h4-11,16,19H,12-13H2,1-3H3. The Kier molecular flexibility index (Phi) is 5.19. The fraction of sp³-hybridized carbons (Fsp3) is 0.333. The minimum Gasteiger partial charge on any atom is -0.492 e. The maximum atomic E-state index is 5.78. The fourth-order valence-electron chi connectivity index (χ4n) is 2.01. The molecule has 0 aliphatic carbocycles. The van der Waals surface area contributed by atoms with Crippen LogP contribution in [0.4, 0.5) is 0 Å². The van der Waals surface area contributed by atoms with Gasteiger partial charge in [0.15, 0.2) is 0 Å². The summed E-state index contributed by atoms with van der Waals surface area (Å²) in [7, 11) is 0. The van der Waals surface area contributed by atoms with Crippen molar-refractivity contribution in [3.8, 4) is 5.75 Å². The molecule has 106 valence electrons. The SMILES string of the molecule is Cc1ccc(OCC(C)NCc2ccccc2C)cc1. The molecule has 1 N–H and O–H groups in total. The Morgan fingerprint density at radius 2 is 1.70 bits per heavy atom. The van der Waals surface area contributed by atoms with E-state index >= 15 is 0 Å². The molecule has 1 atom stereocenters. The molecule has 0 fully saturated rings. The van der Waals surface area contributed by atoms with Crippen molar-refractivity contribution in [2.45, 2.75) is 33.4 Å². The molecule has 0 saturated heterocycles. The Morgan fingerprint density at radius 3 is 2.40 bits per heavy atom. The Labute approximate surface area is 121 Å².